The molecule has 2 fully saturated rings. The number of aliphatic hydroxyl groups excluding tert-OH is 5. The van der Waals surface area contributed by atoms with Gasteiger partial charge in [-0.15, -0.1) is 0 Å². The molecule has 0 unspecified atom stereocenters. The van der Waals surface area contributed by atoms with E-state index in [1.165, 1.54) is 32.1 Å². The van der Waals surface area contributed by atoms with Crippen molar-refractivity contribution in [2.45, 2.75) is 454 Å². The lowest BCUT2D eigenvalue weighted by molar-refractivity contribution is -0.296. The molecule has 0 aliphatic carbocycles. The molecule has 106 heavy (non-hydrogen) atoms. The molecule has 2 saturated heterocycles. The molecular formula is C78H148N2O24P2. The van der Waals surface area contributed by atoms with Gasteiger partial charge in [0.15, 0.2) is 24.8 Å². The van der Waals surface area contributed by atoms with E-state index in [1.807, 2.05) is 0 Å². The summed E-state index contributed by atoms with van der Waals surface area (Å²) >= 11 is 0. The van der Waals surface area contributed by atoms with Crippen molar-refractivity contribution >= 4 is 45.4 Å². The summed E-state index contributed by atoms with van der Waals surface area (Å²) < 4.78 is 72.4. The van der Waals surface area contributed by atoms with Gasteiger partial charge in [0.1, 0.15) is 42.6 Å². The van der Waals surface area contributed by atoms with Crippen LogP contribution in [0.15, 0.2) is 0 Å². The quantitative estimate of drug-likeness (QED) is 0.0117. The summed E-state index contributed by atoms with van der Waals surface area (Å²) in [5.74, 6) is -4.53. The first-order valence-corrected chi connectivity index (χ1v) is 44.8. The number of carbonyl (C=O) groups is 5. The first kappa shape index (κ1) is 99.3. The van der Waals surface area contributed by atoms with E-state index in [4.69, 9.17) is 37.5 Å². The molecule has 2 aliphatic rings. The van der Waals surface area contributed by atoms with E-state index in [9.17, 15) is 78.2 Å². The predicted molar refractivity (Wildman–Crippen MR) is 406 cm³/mol. The van der Waals surface area contributed by atoms with Crippen LogP contribution in [0.2, 0.25) is 0 Å². The molecule has 14 atom stereocenters. The lowest BCUT2D eigenvalue weighted by atomic mass is 9.95. The van der Waals surface area contributed by atoms with Crippen LogP contribution in [0.4, 0.5) is 0 Å². The zero-order chi connectivity index (χ0) is 78.2. The summed E-state index contributed by atoms with van der Waals surface area (Å²) in [4.78, 5) is 112. The van der Waals surface area contributed by atoms with E-state index in [0.717, 1.165) is 212 Å². The molecule has 0 aromatic carbocycles. The highest BCUT2D eigenvalue weighted by molar-refractivity contribution is 7.46. The fraction of sp³-hybridized carbons (Fsp3) is 0.936. The summed E-state index contributed by atoms with van der Waals surface area (Å²) in [5, 5.41) is 61.9. The van der Waals surface area contributed by atoms with Crippen LogP contribution in [-0.2, 0) is 70.6 Å². The zero-order valence-electron chi connectivity index (χ0n) is 65.8. The lowest BCUT2D eigenvalue weighted by Gasteiger charge is -2.47. The standard InChI is InChI=1S/C78H148N2O24P2/c1-6-11-16-21-26-30-35-39-44-49-60(82)54-66(85)79-71-75(101-69(88)55-61(83)50-45-40-36-31-27-22-17-12-7-2)73(90)65(100-78(71)104-106(94,95)96)59-97-77-72(80-67(86)57-63(52-47-42-38-33-29-24-19-14-9-4)98-68(87)53-48-43-34-25-20-15-10-5)76(74(64(58-81)99-77)103-105(91,92)93)102-70(89)56-62(84)51-46-41-37-32-28-23-18-13-8-3/h60-65,71-78,81-84,90H,6-59H2,1-5H3,(H,79,85)(H,80,86)(H2,91,92,93)(H2,94,95,96)/t60-,61-,62-,63-,64-,65-,71-,72-,73-,74-,75-,76-,77-,78-/m1/s1. The van der Waals surface area contributed by atoms with Crippen LogP contribution in [-0.4, -0.2) is 174 Å². The Morgan fingerprint density at radius 3 is 1.10 bits per heavy atom. The minimum Gasteiger partial charge on any atom is -0.462 e. The van der Waals surface area contributed by atoms with Gasteiger partial charge in [0.05, 0.1) is 57.2 Å². The number of hydrogen-bond acceptors (Lipinski definition) is 20. The van der Waals surface area contributed by atoms with Crippen molar-refractivity contribution < 1.29 is 116 Å². The Labute approximate surface area is 636 Å². The topological polar surface area (TPSA) is 399 Å². The highest BCUT2D eigenvalue weighted by Crippen LogP contribution is 2.44. The van der Waals surface area contributed by atoms with E-state index >= 15 is 0 Å². The molecule has 26 nitrogen and oxygen atoms in total. The van der Waals surface area contributed by atoms with Crippen molar-refractivity contribution in [1.82, 2.24) is 10.6 Å². The molecular weight excluding hydrogens is 1410 g/mol. The van der Waals surface area contributed by atoms with Crippen molar-refractivity contribution in [3.05, 3.63) is 0 Å². The van der Waals surface area contributed by atoms with Gasteiger partial charge in [-0.25, -0.2) is 9.13 Å². The first-order chi connectivity index (χ1) is 50.9. The van der Waals surface area contributed by atoms with Gasteiger partial charge in [0, 0.05) is 6.42 Å². The molecule has 0 radical (unpaired) electrons. The smallest absolute Gasteiger partial charge is 0.462 e. The van der Waals surface area contributed by atoms with E-state index in [0.29, 0.717) is 32.1 Å². The van der Waals surface area contributed by atoms with Crippen LogP contribution >= 0.6 is 15.6 Å². The average Bonchev–Trinajstić information content (AvgIpc) is 0.781. The molecule has 2 amide bonds. The largest absolute Gasteiger partial charge is 0.472 e. The molecule has 11 N–H and O–H groups in total. The van der Waals surface area contributed by atoms with E-state index in [2.05, 4.69) is 45.3 Å². The maximum absolute atomic E-state index is 14.8. The first-order valence-electron chi connectivity index (χ1n) is 41.8. The fourth-order valence-corrected chi connectivity index (χ4v) is 15.0. The minimum atomic E-state index is -5.64. The summed E-state index contributed by atoms with van der Waals surface area (Å²) in [6.45, 7) is 8.66. The van der Waals surface area contributed by atoms with E-state index in [1.54, 1.807) is 0 Å². The predicted octanol–water partition coefficient (Wildman–Crippen LogP) is 14.6. The Kier molecular flexibility index (Phi) is 57.9. The van der Waals surface area contributed by atoms with Crippen molar-refractivity contribution in [2.75, 3.05) is 13.2 Å². The average molecular weight is 1560 g/mol. The number of ether oxygens (including phenoxy) is 6. The Morgan fingerprint density at radius 1 is 0.387 bits per heavy atom. The summed E-state index contributed by atoms with van der Waals surface area (Å²) in [6, 6.07) is -3.81. The lowest BCUT2D eigenvalue weighted by Crippen LogP contribution is -2.68. The summed E-state index contributed by atoms with van der Waals surface area (Å²) in [7, 11) is -11.3. The second-order valence-corrected chi connectivity index (χ2v) is 32.5. The molecule has 28 heteroatoms. The molecule has 0 spiro atoms. The number of amides is 2. The normalized spacial score (nSPS) is 21.8. The van der Waals surface area contributed by atoms with Gasteiger partial charge in [-0.05, 0) is 38.5 Å². The third-order valence-corrected chi connectivity index (χ3v) is 21.1. The van der Waals surface area contributed by atoms with Gasteiger partial charge in [0.25, 0.3) is 0 Å². The number of aliphatic hydroxyl groups is 5. The van der Waals surface area contributed by atoms with Crippen LogP contribution < -0.4 is 10.6 Å². The van der Waals surface area contributed by atoms with E-state index < -0.39 is 170 Å². The molecule has 0 aromatic rings. The van der Waals surface area contributed by atoms with Gasteiger partial charge < -0.3 is 84.2 Å². The number of phosphoric acid groups is 2. The van der Waals surface area contributed by atoms with Crippen molar-refractivity contribution in [2.24, 2.45) is 0 Å². The third kappa shape index (κ3) is 49.6. The molecule has 0 aromatic heterocycles. The maximum atomic E-state index is 14.8. The summed E-state index contributed by atoms with van der Waals surface area (Å²) in [6.07, 6.45) is 20.2. The van der Waals surface area contributed by atoms with Crippen molar-refractivity contribution in [1.29, 1.82) is 0 Å². The fourth-order valence-electron chi connectivity index (χ4n) is 14.0. The number of phosphoric ester groups is 2. The SMILES string of the molecule is CCCCCCCCCCC[C@@H](O)CC(=O)N[C@H]1[C@@H](OP(=O)(O)O)O[C@H](CO[C@@H]2O[C@H](CO)[C@@H](OP(=O)(O)O)[C@H](OC(=O)C[C@H](O)CCCCCCCCCCC)[C@H]2NC(=O)C[C@@H](CCCCCCCCCCC)OC(=O)CCCCCCCCC)[C@@H](O)[C@@H]1OC(=O)C[C@H](O)CCCCCCCCCCC. The second-order valence-electron chi connectivity index (χ2n) is 30.1. The molecule has 0 bridgehead atoms. The van der Waals surface area contributed by atoms with Gasteiger partial charge in [-0.1, -0.05) is 298 Å². The monoisotopic (exact) mass is 1560 g/mol. The Bertz CT molecular complexity index is 2340. The Morgan fingerprint density at radius 2 is 0.717 bits per heavy atom. The number of carbonyl (C=O) groups excluding carboxylic acids is 5. The van der Waals surface area contributed by atoms with Crippen LogP contribution in [0.3, 0.4) is 0 Å². The minimum absolute atomic E-state index is 0.0925. The third-order valence-electron chi connectivity index (χ3n) is 20.1. The summed E-state index contributed by atoms with van der Waals surface area (Å²) in [5.41, 5.74) is 0. The molecule has 2 aliphatic heterocycles. The zero-order valence-corrected chi connectivity index (χ0v) is 67.6. The molecule has 2 rings (SSSR count). The van der Waals surface area contributed by atoms with Gasteiger partial charge in [-0.3, -0.25) is 33.0 Å². The van der Waals surface area contributed by atoms with Gasteiger partial charge >= 0.3 is 33.6 Å². The van der Waals surface area contributed by atoms with Crippen LogP contribution in [0.1, 0.15) is 369 Å². The van der Waals surface area contributed by atoms with E-state index in [-0.39, 0.29) is 32.1 Å². The molecule has 0 saturated carbocycles. The van der Waals surface area contributed by atoms with Gasteiger partial charge in [0.2, 0.25) is 11.8 Å². The highest BCUT2D eigenvalue weighted by atomic mass is 31.2. The highest BCUT2D eigenvalue weighted by Gasteiger charge is 2.55. The number of nitrogens with one attached hydrogen (secondary N) is 2. The number of esters is 3. The number of rotatable bonds is 69. The maximum Gasteiger partial charge on any atom is 0.472 e. The van der Waals surface area contributed by atoms with Crippen LogP contribution in [0.5, 0.6) is 0 Å². The Balaban J connectivity index is 2.70. The number of unbranched alkanes of at least 4 members (excludes halogenated alkanes) is 38. The number of hydrogen-bond donors (Lipinski definition) is 11. The van der Waals surface area contributed by atoms with Crippen LogP contribution in [0.25, 0.3) is 0 Å². The van der Waals surface area contributed by atoms with Crippen molar-refractivity contribution in [3.8, 4) is 0 Å². The second kappa shape index (κ2) is 61.8. The molecule has 624 valence electrons. The Hall–Kier alpha value is -2.75. The van der Waals surface area contributed by atoms with Gasteiger partial charge in [-0.2, -0.15) is 0 Å². The van der Waals surface area contributed by atoms with Crippen LogP contribution in [0, 0.1) is 0 Å². The van der Waals surface area contributed by atoms with Crippen molar-refractivity contribution in [3.63, 3.8) is 0 Å². The molecule has 2 heterocycles.